The quantitative estimate of drug-likeness (QED) is 0.323. The predicted molar refractivity (Wildman–Crippen MR) is 156 cm³/mol. The van der Waals surface area contributed by atoms with Crippen LogP contribution >= 0.6 is 11.6 Å². The van der Waals surface area contributed by atoms with Gasteiger partial charge in [-0.15, -0.1) is 0 Å². The topological polar surface area (TPSA) is 54.3 Å². The fraction of sp³-hybridized carbons (Fsp3) is 0.424. The highest BCUT2D eigenvalue weighted by molar-refractivity contribution is 6.34. The number of nitrogens with one attached hydrogen (secondary N) is 1. The van der Waals surface area contributed by atoms with E-state index in [0.29, 0.717) is 24.3 Å². The lowest BCUT2D eigenvalue weighted by atomic mass is 9.85. The zero-order valence-corrected chi connectivity index (χ0v) is 24.3. The van der Waals surface area contributed by atoms with Gasteiger partial charge in [0, 0.05) is 34.7 Å². The summed E-state index contributed by atoms with van der Waals surface area (Å²) in [5.74, 6) is -0.458. The van der Waals surface area contributed by atoms with Crippen LogP contribution in [-0.2, 0) is 0 Å². The minimum atomic E-state index is -0.738. The molecule has 0 amide bonds. The first-order chi connectivity index (χ1) is 19.3. The molecule has 1 heterocycles. The Kier molecular flexibility index (Phi) is 10.1. The molecule has 5 rings (SSSR count). The summed E-state index contributed by atoms with van der Waals surface area (Å²) in [7, 11) is 2.07. The highest BCUT2D eigenvalue weighted by Gasteiger charge is 2.38. The van der Waals surface area contributed by atoms with Gasteiger partial charge in [0.15, 0.2) is 11.6 Å². The first-order valence-corrected chi connectivity index (χ1v) is 14.4. The van der Waals surface area contributed by atoms with Crippen LogP contribution in [0, 0.1) is 28.9 Å². The second-order valence-corrected chi connectivity index (χ2v) is 11.1. The van der Waals surface area contributed by atoms with Crippen LogP contribution in [0.25, 0.3) is 11.1 Å². The lowest BCUT2D eigenvalue weighted by molar-refractivity contribution is 0.215. The monoisotopic (exact) mass is 566 g/mol. The number of ether oxygens (including phenoxy) is 2. The summed E-state index contributed by atoms with van der Waals surface area (Å²) in [6.45, 7) is 6.49. The smallest absolute Gasteiger partial charge is 0.174 e. The van der Waals surface area contributed by atoms with Crippen molar-refractivity contribution in [2.75, 3.05) is 13.7 Å². The molecule has 1 aliphatic carbocycles. The second-order valence-electron chi connectivity index (χ2n) is 10.7. The molecule has 3 aromatic rings. The van der Waals surface area contributed by atoms with Crippen LogP contribution in [0.2, 0.25) is 5.02 Å². The molecule has 3 aromatic carbocycles. The Labute approximate surface area is 241 Å². The van der Waals surface area contributed by atoms with Crippen LogP contribution in [0.5, 0.6) is 11.5 Å². The van der Waals surface area contributed by atoms with Crippen LogP contribution in [0.4, 0.5) is 8.78 Å². The maximum absolute atomic E-state index is 15.6. The summed E-state index contributed by atoms with van der Waals surface area (Å²) in [5, 5.41) is 12.7. The van der Waals surface area contributed by atoms with Gasteiger partial charge in [-0.2, -0.15) is 5.26 Å². The molecule has 4 nitrogen and oxygen atoms in total. The number of nitriles is 1. The highest BCUT2D eigenvalue weighted by Crippen LogP contribution is 2.53. The van der Waals surface area contributed by atoms with E-state index in [1.165, 1.54) is 43.9 Å². The van der Waals surface area contributed by atoms with Gasteiger partial charge in [0.1, 0.15) is 17.7 Å². The van der Waals surface area contributed by atoms with Crippen LogP contribution in [0.15, 0.2) is 48.5 Å². The molecule has 1 aliphatic heterocycles. The van der Waals surface area contributed by atoms with Crippen molar-refractivity contribution in [2.24, 2.45) is 5.92 Å². The zero-order chi connectivity index (χ0) is 28.8. The van der Waals surface area contributed by atoms with Crippen LogP contribution < -0.4 is 14.8 Å². The number of hydrogen-bond donors (Lipinski definition) is 1. The number of nitrogens with zero attached hydrogens (tertiary/aromatic N) is 1. The van der Waals surface area contributed by atoms with Crippen molar-refractivity contribution in [3.8, 4) is 28.7 Å². The van der Waals surface area contributed by atoms with E-state index < -0.39 is 11.6 Å². The Morgan fingerprint density at radius 1 is 1.05 bits per heavy atom. The molecule has 1 saturated carbocycles. The summed E-state index contributed by atoms with van der Waals surface area (Å²) in [6.07, 6.45) is 5.92. The average molecular weight is 567 g/mol. The Morgan fingerprint density at radius 3 is 2.38 bits per heavy atom. The van der Waals surface area contributed by atoms with Gasteiger partial charge in [-0.3, -0.25) is 0 Å². The first kappa shape index (κ1) is 29.8. The Hall–Kier alpha value is -3.14. The summed E-state index contributed by atoms with van der Waals surface area (Å²) in [4.78, 5) is 0. The van der Waals surface area contributed by atoms with E-state index in [-0.39, 0.29) is 39.5 Å². The molecule has 0 radical (unpaired) electrons. The third kappa shape index (κ3) is 6.27. The minimum absolute atomic E-state index is 0.00361. The van der Waals surface area contributed by atoms with E-state index >= 15 is 4.39 Å². The standard InChI is InChI=1S/C25H20ClF2NO2.C8H17N/c1-3-11-30-18-10-9-16(13-29)21(24(18)28)22-20-14(2)25(15-7-5-4-6-8-15)31-19(20)12-17(27)23(22)26;1-7-3-5-8(9-2)6-4-7/h4-10,12,14,25H,3,11H2,1-2H3;7-9H,3-6H2,1-2H3/t14-,25?;/m0./s1. The molecule has 1 fully saturated rings. The summed E-state index contributed by atoms with van der Waals surface area (Å²) >= 11 is 6.38. The minimum Gasteiger partial charge on any atom is -0.491 e. The van der Waals surface area contributed by atoms with Crippen molar-refractivity contribution in [3.63, 3.8) is 0 Å². The number of hydrogen-bond acceptors (Lipinski definition) is 4. The van der Waals surface area contributed by atoms with Gasteiger partial charge in [0.25, 0.3) is 0 Å². The molecule has 0 saturated heterocycles. The summed E-state index contributed by atoms with van der Waals surface area (Å²) in [6, 6.07) is 16.4. The van der Waals surface area contributed by atoms with Crippen LogP contribution in [-0.4, -0.2) is 19.7 Å². The van der Waals surface area contributed by atoms with E-state index in [9.17, 15) is 9.65 Å². The van der Waals surface area contributed by atoms with Crippen LogP contribution in [0.1, 0.15) is 81.6 Å². The van der Waals surface area contributed by atoms with Gasteiger partial charge in [-0.05, 0) is 62.8 Å². The molecule has 40 heavy (non-hydrogen) atoms. The summed E-state index contributed by atoms with van der Waals surface area (Å²) < 4.78 is 41.9. The van der Waals surface area contributed by atoms with E-state index in [0.717, 1.165) is 17.5 Å². The van der Waals surface area contributed by atoms with Crippen molar-refractivity contribution in [1.82, 2.24) is 5.32 Å². The maximum Gasteiger partial charge on any atom is 0.174 e. The first-order valence-electron chi connectivity index (χ1n) is 14.1. The molecular formula is C33H37ClF2N2O2. The number of halogens is 3. The third-order valence-electron chi connectivity index (χ3n) is 7.88. The van der Waals surface area contributed by atoms with Gasteiger partial charge in [0.05, 0.1) is 23.3 Å². The van der Waals surface area contributed by atoms with E-state index in [2.05, 4.69) is 19.3 Å². The number of rotatable bonds is 6. The van der Waals surface area contributed by atoms with Crippen molar-refractivity contribution in [3.05, 3.63) is 81.9 Å². The van der Waals surface area contributed by atoms with Gasteiger partial charge < -0.3 is 14.8 Å². The SMILES string of the molecule is CCCOc1ccc(C#N)c(-c2c(Cl)c(F)cc3c2[C@H](C)C(c2ccccc2)O3)c1F.CNC1CCC(C)CC1. The summed E-state index contributed by atoms with van der Waals surface area (Å²) in [5.41, 5.74) is 1.60. The molecule has 0 spiro atoms. The predicted octanol–water partition coefficient (Wildman–Crippen LogP) is 8.97. The molecule has 2 aliphatic rings. The Bertz CT molecular complexity index is 1350. The second kappa shape index (κ2) is 13.5. The average Bonchev–Trinajstić information content (AvgIpc) is 3.30. The largest absolute Gasteiger partial charge is 0.491 e. The fourth-order valence-corrected chi connectivity index (χ4v) is 5.82. The Morgan fingerprint density at radius 2 is 1.75 bits per heavy atom. The van der Waals surface area contributed by atoms with Crippen LogP contribution in [0.3, 0.4) is 0 Å². The molecular weight excluding hydrogens is 530 g/mol. The van der Waals surface area contributed by atoms with Crippen molar-refractivity contribution in [2.45, 2.75) is 70.9 Å². The molecule has 0 aromatic heterocycles. The zero-order valence-electron chi connectivity index (χ0n) is 23.6. The maximum atomic E-state index is 15.6. The van der Waals surface area contributed by atoms with Crippen molar-refractivity contribution in [1.29, 1.82) is 5.26 Å². The lowest BCUT2D eigenvalue weighted by Gasteiger charge is -2.25. The lowest BCUT2D eigenvalue weighted by Crippen LogP contribution is -2.29. The fourth-order valence-electron chi connectivity index (χ4n) is 5.57. The van der Waals surface area contributed by atoms with Gasteiger partial charge in [0.2, 0.25) is 0 Å². The van der Waals surface area contributed by atoms with Gasteiger partial charge >= 0.3 is 0 Å². The number of fused-ring (bicyclic) bond motifs is 1. The normalized spacial score (nSPS) is 21.4. The molecule has 1 N–H and O–H groups in total. The van der Waals surface area contributed by atoms with Gasteiger partial charge in [-0.1, -0.05) is 62.7 Å². The van der Waals surface area contributed by atoms with E-state index in [1.807, 2.05) is 50.2 Å². The molecule has 7 heteroatoms. The van der Waals surface area contributed by atoms with E-state index in [4.69, 9.17) is 21.1 Å². The number of benzene rings is 3. The van der Waals surface area contributed by atoms with Gasteiger partial charge in [-0.25, -0.2) is 8.78 Å². The van der Waals surface area contributed by atoms with E-state index in [1.54, 1.807) is 0 Å². The van der Waals surface area contributed by atoms with Crippen molar-refractivity contribution < 1.29 is 18.3 Å². The molecule has 1 unspecified atom stereocenters. The van der Waals surface area contributed by atoms with Crippen molar-refractivity contribution >= 4 is 11.6 Å². The molecule has 212 valence electrons. The Balaban J connectivity index is 0.000000350. The third-order valence-corrected chi connectivity index (χ3v) is 8.25. The molecule has 0 bridgehead atoms. The highest BCUT2D eigenvalue weighted by atomic mass is 35.5. The molecule has 2 atom stereocenters.